The lowest BCUT2D eigenvalue weighted by atomic mass is 9.79. The lowest BCUT2D eigenvalue weighted by molar-refractivity contribution is 0.242. The standard InChI is InChI=1S/C31H49N3/c1-30(2,3)25-17-24(18-26(19-25)31(4,5)6)27-21-33-29(34-27)28(23-15-11-8-12-16-23)32-20-22-13-9-7-10-14-22/h17-19,21-23,28,32H,7-16,20H2,1-6H3,(H,33,34). The molecule has 1 atom stereocenters. The van der Waals surface area contributed by atoms with E-state index in [9.17, 15) is 0 Å². The van der Waals surface area contributed by atoms with Gasteiger partial charge >= 0.3 is 0 Å². The fourth-order valence-electron chi connectivity index (χ4n) is 5.93. The highest BCUT2D eigenvalue weighted by molar-refractivity contribution is 5.62. The van der Waals surface area contributed by atoms with Crippen LogP contribution in [0.5, 0.6) is 0 Å². The Bertz CT molecular complexity index is 883. The third-order valence-electron chi connectivity index (χ3n) is 8.34. The fourth-order valence-corrected chi connectivity index (χ4v) is 5.93. The normalized spacial score (nSPS) is 19.9. The summed E-state index contributed by atoms with van der Waals surface area (Å²) in [6.45, 7) is 15.0. The maximum absolute atomic E-state index is 5.00. The number of H-pyrrole nitrogens is 1. The number of benzene rings is 1. The Balaban J connectivity index is 1.62. The lowest BCUT2D eigenvalue weighted by Gasteiger charge is -2.32. The fraction of sp³-hybridized carbons (Fsp3) is 0.710. The van der Waals surface area contributed by atoms with E-state index < -0.39 is 0 Å². The zero-order chi connectivity index (χ0) is 24.3. The predicted molar refractivity (Wildman–Crippen MR) is 145 cm³/mol. The molecule has 1 aromatic carbocycles. The van der Waals surface area contributed by atoms with Crippen LogP contribution in [0.3, 0.4) is 0 Å². The highest BCUT2D eigenvalue weighted by atomic mass is 15.0. The number of nitrogens with one attached hydrogen (secondary N) is 2. The molecule has 0 radical (unpaired) electrons. The molecule has 2 saturated carbocycles. The molecule has 0 amide bonds. The molecular formula is C31H49N3. The minimum absolute atomic E-state index is 0.116. The van der Waals surface area contributed by atoms with Crippen LogP contribution in [-0.2, 0) is 10.8 Å². The number of nitrogens with zero attached hydrogens (tertiary/aromatic N) is 1. The first-order chi connectivity index (χ1) is 16.1. The van der Waals surface area contributed by atoms with E-state index in [-0.39, 0.29) is 10.8 Å². The molecule has 0 aliphatic heterocycles. The number of aromatic amines is 1. The Morgan fingerprint density at radius 3 is 1.94 bits per heavy atom. The van der Waals surface area contributed by atoms with E-state index in [1.807, 2.05) is 0 Å². The topological polar surface area (TPSA) is 40.7 Å². The second-order valence-electron chi connectivity index (χ2n) is 13.3. The van der Waals surface area contributed by atoms with Crippen molar-refractivity contribution in [2.75, 3.05) is 6.54 Å². The number of rotatable bonds is 6. The molecule has 3 heteroatoms. The van der Waals surface area contributed by atoms with Crippen molar-refractivity contribution in [2.24, 2.45) is 11.8 Å². The van der Waals surface area contributed by atoms with Crippen molar-refractivity contribution >= 4 is 0 Å². The van der Waals surface area contributed by atoms with Gasteiger partial charge in [0.05, 0.1) is 17.9 Å². The van der Waals surface area contributed by atoms with Gasteiger partial charge in [0.15, 0.2) is 0 Å². The second kappa shape index (κ2) is 10.6. The minimum Gasteiger partial charge on any atom is -0.341 e. The van der Waals surface area contributed by atoms with Crippen LogP contribution in [0.25, 0.3) is 11.3 Å². The molecule has 34 heavy (non-hydrogen) atoms. The molecule has 2 fully saturated rings. The zero-order valence-electron chi connectivity index (χ0n) is 22.8. The van der Waals surface area contributed by atoms with Crippen LogP contribution < -0.4 is 5.32 Å². The summed E-state index contributed by atoms with van der Waals surface area (Å²) in [6.07, 6.45) is 15.9. The third kappa shape index (κ3) is 6.33. The molecule has 188 valence electrons. The maximum atomic E-state index is 5.00. The first-order valence-corrected chi connectivity index (χ1v) is 14.1. The van der Waals surface area contributed by atoms with E-state index in [4.69, 9.17) is 4.98 Å². The number of hydrogen-bond donors (Lipinski definition) is 2. The summed E-state index contributed by atoms with van der Waals surface area (Å²) in [5, 5.41) is 4.02. The summed E-state index contributed by atoms with van der Waals surface area (Å²) in [7, 11) is 0. The summed E-state index contributed by atoms with van der Waals surface area (Å²) < 4.78 is 0. The Morgan fingerprint density at radius 1 is 0.824 bits per heavy atom. The van der Waals surface area contributed by atoms with E-state index in [2.05, 4.69) is 76.2 Å². The summed E-state index contributed by atoms with van der Waals surface area (Å²) in [4.78, 5) is 8.80. The van der Waals surface area contributed by atoms with Gasteiger partial charge in [-0.3, -0.25) is 0 Å². The zero-order valence-corrected chi connectivity index (χ0v) is 22.8. The molecule has 2 aromatic rings. The van der Waals surface area contributed by atoms with Gasteiger partial charge in [0.25, 0.3) is 0 Å². The number of imidazole rings is 1. The molecule has 0 saturated heterocycles. The van der Waals surface area contributed by atoms with Crippen molar-refractivity contribution < 1.29 is 0 Å². The summed E-state index contributed by atoms with van der Waals surface area (Å²) >= 11 is 0. The molecule has 2 N–H and O–H groups in total. The van der Waals surface area contributed by atoms with Crippen LogP contribution in [0.2, 0.25) is 0 Å². The average Bonchev–Trinajstić information content (AvgIpc) is 3.29. The monoisotopic (exact) mass is 463 g/mol. The lowest BCUT2D eigenvalue weighted by Crippen LogP contribution is -2.34. The predicted octanol–water partition coefficient (Wildman–Crippen LogP) is 8.46. The summed E-state index contributed by atoms with van der Waals surface area (Å²) in [5.74, 6) is 2.69. The third-order valence-corrected chi connectivity index (χ3v) is 8.34. The largest absolute Gasteiger partial charge is 0.341 e. The van der Waals surface area contributed by atoms with Gasteiger partial charge in [-0.25, -0.2) is 4.98 Å². The van der Waals surface area contributed by atoms with Crippen molar-refractivity contribution in [2.45, 2.75) is 123 Å². The van der Waals surface area contributed by atoms with E-state index >= 15 is 0 Å². The van der Waals surface area contributed by atoms with Crippen molar-refractivity contribution in [3.8, 4) is 11.3 Å². The van der Waals surface area contributed by atoms with Gasteiger partial charge in [-0.15, -0.1) is 0 Å². The van der Waals surface area contributed by atoms with Crippen molar-refractivity contribution in [1.29, 1.82) is 0 Å². The maximum Gasteiger partial charge on any atom is 0.123 e. The molecule has 0 spiro atoms. The smallest absolute Gasteiger partial charge is 0.123 e. The van der Waals surface area contributed by atoms with Crippen molar-refractivity contribution in [1.82, 2.24) is 15.3 Å². The van der Waals surface area contributed by atoms with Gasteiger partial charge in [0.1, 0.15) is 5.82 Å². The first kappa shape index (κ1) is 25.5. The quantitative estimate of drug-likeness (QED) is 0.451. The van der Waals surface area contributed by atoms with Crippen LogP contribution in [-0.4, -0.2) is 16.5 Å². The molecule has 4 rings (SSSR count). The SMILES string of the molecule is CC(C)(C)c1cc(-c2cnc(C(NCC3CCCCC3)C3CCCCC3)[nH]2)cc(C(C)(C)C)c1. The van der Waals surface area contributed by atoms with E-state index in [0.717, 1.165) is 24.0 Å². The van der Waals surface area contributed by atoms with E-state index in [1.54, 1.807) is 0 Å². The van der Waals surface area contributed by atoms with Crippen LogP contribution in [0.4, 0.5) is 0 Å². The van der Waals surface area contributed by atoms with E-state index in [0.29, 0.717) is 12.0 Å². The van der Waals surface area contributed by atoms with Gasteiger partial charge in [0.2, 0.25) is 0 Å². The molecule has 1 aromatic heterocycles. The Labute approximate surface area is 208 Å². The molecule has 1 heterocycles. The summed E-state index contributed by atoms with van der Waals surface area (Å²) in [6, 6.07) is 7.50. The molecule has 0 bridgehead atoms. The van der Waals surface area contributed by atoms with Gasteiger partial charge in [-0.1, -0.05) is 86.1 Å². The van der Waals surface area contributed by atoms with Gasteiger partial charge in [-0.2, -0.15) is 0 Å². The van der Waals surface area contributed by atoms with E-state index in [1.165, 1.54) is 80.9 Å². The Kier molecular flexibility index (Phi) is 7.92. The molecule has 2 aliphatic rings. The Morgan fingerprint density at radius 2 is 1.38 bits per heavy atom. The number of aromatic nitrogens is 2. The van der Waals surface area contributed by atoms with Crippen LogP contribution in [0, 0.1) is 11.8 Å². The molecule has 2 aliphatic carbocycles. The molecule has 3 nitrogen and oxygen atoms in total. The second-order valence-corrected chi connectivity index (χ2v) is 13.3. The van der Waals surface area contributed by atoms with Gasteiger partial charge < -0.3 is 10.3 Å². The molecule has 1 unspecified atom stereocenters. The Hall–Kier alpha value is -1.61. The minimum atomic E-state index is 0.116. The van der Waals surface area contributed by atoms with Gasteiger partial charge in [0, 0.05) is 5.56 Å². The van der Waals surface area contributed by atoms with Crippen molar-refractivity contribution in [3.63, 3.8) is 0 Å². The summed E-state index contributed by atoms with van der Waals surface area (Å²) in [5.41, 5.74) is 5.45. The molecular weight excluding hydrogens is 414 g/mol. The van der Waals surface area contributed by atoms with Crippen molar-refractivity contribution in [3.05, 3.63) is 41.3 Å². The first-order valence-electron chi connectivity index (χ1n) is 14.1. The van der Waals surface area contributed by atoms with Crippen LogP contribution in [0.15, 0.2) is 24.4 Å². The van der Waals surface area contributed by atoms with Crippen LogP contribution in [0.1, 0.15) is 129 Å². The van der Waals surface area contributed by atoms with Crippen LogP contribution >= 0.6 is 0 Å². The highest BCUT2D eigenvalue weighted by Crippen LogP contribution is 2.37. The number of hydrogen-bond acceptors (Lipinski definition) is 2. The highest BCUT2D eigenvalue weighted by Gasteiger charge is 2.29. The average molecular weight is 464 g/mol. The van der Waals surface area contributed by atoms with Gasteiger partial charge in [-0.05, 0) is 78.2 Å².